The van der Waals surface area contributed by atoms with Crippen molar-refractivity contribution in [3.63, 3.8) is 0 Å². The lowest BCUT2D eigenvalue weighted by Gasteiger charge is -2.16. The lowest BCUT2D eigenvalue weighted by molar-refractivity contribution is 0.247. The number of aromatic nitrogens is 1. The number of pyridine rings is 1. The largest absolute Gasteiger partial charge is 0.490 e. The molecule has 0 radical (unpaired) electrons. The minimum absolute atomic E-state index is 0.0689. The second-order valence-corrected chi connectivity index (χ2v) is 6.40. The fourth-order valence-electron chi connectivity index (χ4n) is 3.42. The number of urea groups is 1. The van der Waals surface area contributed by atoms with Crippen LogP contribution in [0.25, 0.3) is 0 Å². The fourth-order valence-corrected chi connectivity index (χ4v) is 3.42. The Bertz CT molecular complexity index is 957. The molecule has 4 rings (SSSR count). The Kier molecular flexibility index (Phi) is 3.72. The van der Waals surface area contributed by atoms with E-state index < -0.39 is 17.7 Å². The maximum atomic E-state index is 14.1. The van der Waals surface area contributed by atoms with Crippen molar-refractivity contribution in [2.24, 2.45) is 5.92 Å². The predicted molar refractivity (Wildman–Crippen MR) is 87.7 cm³/mol. The van der Waals surface area contributed by atoms with E-state index in [4.69, 9.17) is 10.00 Å². The molecule has 6 nitrogen and oxygen atoms in total. The number of amides is 2. The molecule has 26 heavy (non-hydrogen) atoms. The number of ether oxygens (including phenoxy) is 1. The van der Waals surface area contributed by atoms with Gasteiger partial charge >= 0.3 is 6.03 Å². The van der Waals surface area contributed by atoms with Crippen LogP contribution in [0.15, 0.2) is 24.4 Å². The first-order valence-corrected chi connectivity index (χ1v) is 8.04. The van der Waals surface area contributed by atoms with Gasteiger partial charge in [-0.2, -0.15) is 5.26 Å². The summed E-state index contributed by atoms with van der Waals surface area (Å²) >= 11 is 0. The summed E-state index contributed by atoms with van der Waals surface area (Å²) in [7, 11) is 0. The normalized spacial score (nSPS) is 22.3. The number of nitrogens with zero attached hydrogens (tertiary/aromatic N) is 2. The molecule has 1 aromatic carbocycles. The summed E-state index contributed by atoms with van der Waals surface area (Å²) in [4.78, 5) is 16.3. The van der Waals surface area contributed by atoms with E-state index in [1.54, 1.807) is 13.0 Å². The Morgan fingerprint density at radius 1 is 1.38 bits per heavy atom. The van der Waals surface area contributed by atoms with Crippen LogP contribution in [0.1, 0.15) is 22.6 Å². The summed E-state index contributed by atoms with van der Waals surface area (Å²) in [5.41, 5.74) is 1.22. The zero-order valence-electron chi connectivity index (χ0n) is 13.7. The van der Waals surface area contributed by atoms with Gasteiger partial charge in [0.1, 0.15) is 17.7 Å². The highest BCUT2D eigenvalue weighted by Crippen LogP contribution is 2.55. The third kappa shape index (κ3) is 2.62. The molecule has 1 fully saturated rings. The van der Waals surface area contributed by atoms with Crippen LogP contribution in [0.2, 0.25) is 0 Å². The molecular formula is C18H14F2N4O2. The predicted octanol–water partition coefficient (Wildman–Crippen LogP) is 2.84. The average molecular weight is 356 g/mol. The van der Waals surface area contributed by atoms with Gasteiger partial charge in [-0.05, 0) is 30.7 Å². The van der Waals surface area contributed by atoms with Crippen LogP contribution < -0.4 is 15.4 Å². The summed E-state index contributed by atoms with van der Waals surface area (Å²) in [5, 5.41) is 14.2. The lowest BCUT2D eigenvalue weighted by Crippen LogP contribution is -2.33. The first-order chi connectivity index (χ1) is 12.5. The highest BCUT2D eigenvalue weighted by molar-refractivity contribution is 5.89. The van der Waals surface area contributed by atoms with Crippen LogP contribution in [0.3, 0.4) is 0 Å². The van der Waals surface area contributed by atoms with Crippen LogP contribution in [-0.4, -0.2) is 23.7 Å². The first kappa shape index (κ1) is 16.3. The molecule has 1 aliphatic heterocycles. The van der Waals surface area contributed by atoms with Gasteiger partial charge < -0.3 is 10.1 Å². The zero-order chi connectivity index (χ0) is 18.4. The van der Waals surface area contributed by atoms with Crippen molar-refractivity contribution in [1.82, 2.24) is 10.3 Å². The Hall–Kier alpha value is -3.21. The number of halogens is 2. The number of nitrogens with one attached hydrogen (secondary N) is 2. The van der Waals surface area contributed by atoms with Crippen molar-refractivity contribution >= 4 is 11.8 Å². The van der Waals surface area contributed by atoms with E-state index in [-0.39, 0.29) is 35.8 Å². The van der Waals surface area contributed by atoms with Gasteiger partial charge in [-0.25, -0.2) is 18.6 Å². The van der Waals surface area contributed by atoms with Crippen LogP contribution in [0.5, 0.6) is 5.75 Å². The maximum absolute atomic E-state index is 14.1. The minimum Gasteiger partial charge on any atom is -0.490 e. The summed E-state index contributed by atoms with van der Waals surface area (Å²) < 4.78 is 33.2. The molecule has 2 aliphatic rings. The highest BCUT2D eigenvalue weighted by atomic mass is 19.1. The third-order valence-electron chi connectivity index (χ3n) is 4.75. The topological polar surface area (TPSA) is 87.0 Å². The monoisotopic (exact) mass is 356 g/mol. The van der Waals surface area contributed by atoms with Gasteiger partial charge in [-0.1, -0.05) is 0 Å². The quantitative estimate of drug-likeness (QED) is 0.866. The summed E-state index contributed by atoms with van der Waals surface area (Å²) in [6.45, 7) is 1.94. The molecule has 2 heterocycles. The molecule has 132 valence electrons. The number of fused-ring (bicyclic) bond motifs is 3. The van der Waals surface area contributed by atoms with Crippen molar-refractivity contribution in [2.45, 2.75) is 18.9 Å². The number of aryl methyl sites for hydroxylation is 1. The first-order valence-electron chi connectivity index (χ1n) is 8.04. The standard InChI is InChI=1S/C18H14F2N4O2/c1-8-4-9(5-21)6-22-17(8)24-18(25)23-15-10-7-26-16-12(20)3-2-11(19)14(16)13(10)15/h2-4,6,10,13,15H,7H2,1H3,(H2,22,23,24,25)/t10-,13-,15-/m1/s1. The molecule has 3 atom stereocenters. The van der Waals surface area contributed by atoms with Crippen LogP contribution in [-0.2, 0) is 0 Å². The number of hydrogen-bond donors (Lipinski definition) is 2. The van der Waals surface area contributed by atoms with E-state index in [2.05, 4.69) is 15.6 Å². The van der Waals surface area contributed by atoms with Gasteiger partial charge in [0.15, 0.2) is 11.6 Å². The van der Waals surface area contributed by atoms with Crippen LogP contribution in [0, 0.1) is 35.8 Å². The number of hydrogen-bond acceptors (Lipinski definition) is 4. The molecule has 0 saturated heterocycles. The van der Waals surface area contributed by atoms with Gasteiger partial charge in [-0.3, -0.25) is 5.32 Å². The summed E-state index contributed by atoms with van der Waals surface area (Å²) in [5.74, 6) is -1.29. The van der Waals surface area contributed by atoms with E-state index in [1.807, 2.05) is 6.07 Å². The third-order valence-corrected chi connectivity index (χ3v) is 4.75. The second-order valence-electron chi connectivity index (χ2n) is 6.40. The summed E-state index contributed by atoms with van der Waals surface area (Å²) in [6.07, 6.45) is 1.36. The van der Waals surface area contributed by atoms with Crippen molar-refractivity contribution < 1.29 is 18.3 Å². The van der Waals surface area contributed by atoms with E-state index >= 15 is 0 Å². The van der Waals surface area contributed by atoms with Gasteiger partial charge in [0.25, 0.3) is 0 Å². The Morgan fingerprint density at radius 2 is 2.15 bits per heavy atom. The number of carbonyl (C=O) groups excluding carboxylic acids is 1. The van der Waals surface area contributed by atoms with Crippen LogP contribution >= 0.6 is 0 Å². The minimum atomic E-state index is -0.604. The van der Waals surface area contributed by atoms with Gasteiger partial charge in [0.05, 0.1) is 12.2 Å². The smallest absolute Gasteiger partial charge is 0.320 e. The number of rotatable bonds is 2. The Balaban J connectivity index is 1.47. The fraction of sp³-hybridized carbons (Fsp3) is 0.278. The Labute approximate surface area is 147 Å². The van der Waals surface area contributed by atoms with E-state index in [9.17, 15) is 13.6 Å². The average Bonchev–Trinajstić information content (AvgIpc) is 3.32. The van der Waals surface area contributed by atoms with Crippen molar-refractivity contribution in [1.29, 1.82) is 5.26 Å². The molecule has 0 unspecified atom stereocenters. The van der Waals surface area contributed by atoms with Crippen LogP contribution in [0.4, 0.5) is 19.4 Å². The van der Waals surface area contributed by atoms with E-state index in [0.717, 1.165) is 12.1 Å². The molecule has 0 spiro atoms. The van der Waals surface area contributed by atoms with Crippen molar-refractivity contribution in [3.05, 3.63) is 52.7 Å². The number of anilines is 1. The number of nitriles is 1. The molecule has 0 bridgehead atoms. The van der Waals surface area contributed by atoms with Gasteiger partial charge in [-0.15, -0.1) is 0 Å². The maximum Gasteiger partial charge on any atom is 0.320 e. The molecule has 2 amide bonds. The molecule has 8 heteroatoms. The zero-order valence-corrected chi connectivity index (χ0v) is 13.7. The molecule has 1 aliphatic carbocycles. The summed E-state index contributed by atoms with van der Waals surface area (Å²) in [6, 6.07) is 4.85. The lowest BCUT2D eigenvalue weighted by atomic mass is 10.0. The van der Waals surface area contributed by atoms with Gasteiger partial charge in [0.2, 0.25) is 0 Å². The second kappa shape index (κ2) is 5.95. The molecule has 1 aromatic heterocycles. The number of benzene rings is 1. The van der Waals surface area contributed by atoms with E-state index in [1.165, 1.54) is 6.20 Å². The number of carbonyl (C=O) groups is 1. The van der Waals surface area contributed by atoms with E-state index in [0.29, 0.717) is 16.9 Å². The highest BCUT2D eigenvalue weighted by Gasteiger charge is 2.57. The Morgan fingerprint density at radius 3 is 2.88 bits per heavy atom. The van der Waals surface area contributed by atoms with Gasteiger partial charge in [0, 0.05) is 29.6 Å². The molecule has 2 aromatic rings. The SMILES string of the molecule is Cc1cc(C#N)cnc1NC(=O)N[C@@H]1[C@@H]2COc3c(F)ccc(F)c3[C@@H]21. The molecule has 1 saturated carbocycles. The van der Waals surface area contributed by atoms with Crippen molar-refractivity contribution in [3.8, 4) is 11.8 Å². The molecule has 2 N–H and O–H groups in total. The molecular weight excluding hydrogens is 342 g/mol. The van der Waals surface area contributed by atoms with Crippen molar-refractivity contribution in [2.75, 3.05) is 11.9 Å².